The molecule has 1 aromatic rings. The van der Waals surface area contributed by atoms with Gasteiger partial charge in [-0.3, -0.25) is 0 Å². The van der Waals surface area contributed by atoms with Crippen LogP contribution in [0.15, 0.2) is 20.0 Å². The van der Waals surface area contributed by atoms with E-state index in [1.54, 1.807) is 0 Å². The molecule has 1 fully saturated rings. The van der Waals surface area contributed by atoms with Gasteiger partial charge in [-0.25, -0.2) is 13.1 Å². The Morgan fingerprint density at radius 1 is 1.53 bits per heavy atom. The maximum Gasteiger partial charge on any atom is 0.244 e. The molecule has 1 aliphatic rings. The molecule has 0 bridgehead atoms. The molecular weight excluding hydrogens is 338 g/mol. The first-order chi connectivity index (χ1) is 9.03. The number of aliphatic hydroxyl groups excluding tert-OH is 1. The second-order valence-electron chi connectivity index (χ2n) is 4.42. The normalized spacial score (nSPS) is 20.0. The summed E-state index contributed by atoms with van der Waals surface area (Å²) in [5.41, 5.74) is 0. The smallest absolute Gasteiger partial charge is 0.244 e. The Bertz CT molecular complexity index is 521. The molecule has 0 saturated carbocycles. The lowest BCUT2D eigenvalue weighted by molar-refractivity contribution is 0.184. The monoisotopic (exact) mass is 353 g/mol. The van der Waals surface area contributed by atoms with Gasteiger partial charge in [0.1, 0.15) is 17.3 Å². The van der Waals surface area contributed by atoms with E-state index in [9.17, 15) is 8.42 Å². The second kappa shape index (κ2) is 6.36. The molecule has 0 aliphatic carbocycles. The molecule has 108 valence electrons. The van der Waals surface area contributed by atoms with Crippen LogP contribution in [-0.4, -0.2) is 33.3 Å². The molecule has 6 nitrogen and oxygen atoms in total. The highest BCUT2D eigenvalue weighted by atomic mass is 79.9. The number of aliphatic hydroxyl groups is 1. The van der Waals surface area contributed by atoms with E-state index in [-0.39, 0.29) is 21.9 Å². The van der Waals surface area contributed by atoms with Crippen molar-refractivity contribution in [2.45, 2.75) is 24.3 Å². The average Bonchev–Trinajstić information content (AvgIpc) is 2.98. The Morgan fingerprint density at radius 3 is 2.89 bits per heavy atom. The Labute approximate surface area is 120 Å². The van der Waals surface area contributed by atoms with E-state index in [2.05, 4.69) is 20.7 Å². The second-order valence-corrected chi connectivity index (χ2v) is 6.88. The van der Waals surface area contributed by atoms with E-state index in [0.29, 0.717) is 19.1 Å². The van der Waals surface area contributed by atoms with Crippen molar-refractivity contribution in [3.05, 3.63) is 16.5 Å². The first-order valence-corrected chi connectivity index (χ1v) is 8.27. The summed E-state index contributed by atoms with van der Waals surface area (Å²) in [5, 5.41) is 8.92. The van der Waals surface area contributed by atoms with Gasteiger partial charge < -0.3 is 14.3 Å². The number of hydrogen-bond donors (Lipinski definition) is 2. The van der Waals surface area contributed by atoms with E-state index in [1.165, 1.54) is 6.07 Å². The van der Waals surface area contributed by atoms with Crippen molar-refractivity contribution < 1.29 is 22.7 Å². The molecule has 1 unspecified atom stereocenters. The van der Waals surface area contributed by atoms with Crippen LogP contribution in [0.2, 0.25) is 0 Å². The summed E-state index contributed by atoms with van der Waals surface area (Å²) in [6.45, 7) is 1.48. The first-order valence-electron chi connectivity index (χ1n) is 5.99. The molecule has 1 aromatic heterocycles. The average molecular weight is 354 g/mol. The highest BCUT2D eigenvalue weighted by Crippen LogP contribution is 2.26. The zero-order valence-corrected chi connectivity index (χ0v) is 12.7. The van der Waals surface area contributed by atoms with Crippen molar-refractivity contribution in [2.75, 3.05) is 19.8 Å². The van der Waals surface area contributed by atoms with Crippen LogP contribution in [0, 0.1) is 5.92 Å². The van der Waals surface area contributed by atoms with Gasteiger partial charge in [-0.05, 0) is 34.7 Å². The Kier molecular flexibility index (Phi) is 5.02. The fraction of sp³-hybridized carbons (Fsp3) is 0.636. The minimum Gasteiger partial charge on any atom is -0.450 e. The number of sulfonamides is 1. The van der Waals surface area contributed by atoms with Crippen LogP contribution in [0.3, 0.4) is 0 Å². The highest BCUT2D eigenvalue weighted by Gasteiger charge is 2.23. The maximum atomic E-state index is 12.0. The molecular formula is C11H16BrNO5S. The van der Waals surface area contributed by atoms with Crippen LogP contribution in [-0.2, 0) is 21.4 Å². The van der Waals surface area contributed by atoms with Crippen molar-refractivity contribution in [1.82, 2.24) is 4.72 Å². The lowest BCUT2D eigenvalue weighted by atomic mass is 10.1. The summed E-state index contributed by atoms with van der Waals surface area (Å²) in [5.74, 6) is 0.625. The largest absolute Gasteiger partial charge is 0.450 e. The van der Waals surface area contributed by atoms with Crippen LogP contribution in [0.25, 0.3) is 0 Å². The molecule has 0 radical (unpaired) electrons. The lowest BCUT2D eigenvalue weighted by Gasteiger charge is -2.08. The number of furan rings is 1. The van der Waals surface area contributed by atoms with Crippen LogP contribution in [0.5, 0.6) is 0 Å². The van der Waals surface area contributed by atoms with E-state index in [1.807, 2.05) is 0 Å². The molecule has 19 heavy (non-hydrogen) atoms. The van der Waals surface area contributed by atoms with E-state index >= 15 is 0 Å². The topological polar surface area (TPSA) is 88.8 Å². The standard InChI is InChI=1S/C11H16BrNO5S/c12-11-10(5-9(6-14)18-11)19(15,16)13-3-1-8-2-4-17-7-8/h5,8,13-14H,1-4,6-7H2. The van der Waals surface area contributed by atoms with Gasteiger partial charge in [0.15, 0.2) is 4.67 Å². The van der Waals surface area contributed by atoms with E-state index in [4.69, 9.17) is 14.3 Å². The predicted molar refractivity (Wildman–Crippen MR) is 71.1 cm³/mol. The minimum absolute atomic E-state index is 0.0132. The van der Waals surface area contributed by atoms with Gasteiger partial charge in [-0.1, -0.05) is 0 Å². The molecule has 1 saturated heterocycles. The van der Waals surface area contributed by atoms with Crippen molar-refractivity contribution >= 4 is 26.0 Å². The summed E-state index contributed by atoms with van der Waals surface area (Å²) in [7, 11) is -3.61. The predicted octanol–water partition coefficient (Wildman–Crippen LogP) is 1.24. The van der Waals surface area contributed by atoms with E-state index < -0.39 is 10.0 Å². The van der Waals surface area contributed by atoms with Gasteiger partial charge in [0, 0.05) is 25.8 Å². The van der Waals surface area contributed by atoms with Crippen molar-refractivity contribution in [2.24, 2.45) is 5.92 Å². The Morgan fingerprint density at radius 2 is 2.32 bits per heavy atom. The van der Waals surface area contributed by atoms with Gasteiger partial charge in [0.25, 0.3) is 0 Å². The maximum absolute atomic E-state index is 12.0. The highest BCUT2D eigenvalue weighted by molar-refractivity contribution is 9.10. The third-order valence-electron chi connectivity index (χ3n) is 3.02. The molecule has 2 heterocycles. The molecule has 0 spiro atoms. The summed E-state index contributed by atoms with van der Waals surface area (Å²) < 4.78 is 37.0. The lowest BCUT2D eigenvalue weighted by Crippen LogP contribution is -2.26. The number of nitrogens with one attached hydrogen (secondary N) is 1. The van der Waals surface area contributed by atoms with Gasteiger partial charge >= 0.3 is 0 Å². The number of ether oxygens (including phenoxy) is 1. The SMILES string of the molecule is O=S(=O)(NCCC1CCOC1)c1cc(CO)oc1Br. The van der Waals surface area contributed by atoms with Crippen LogP contribution in [0.1, 0.15) is 18.6 Å². The summed E-state index contributed by atoms with van der Waals surface area (Å²) in [6, 6.07) is 1.31. The zero-order chi connectivity index (χ0) is 13.9. The third-order valence-corrected chi connectivity index (χ3v) is 5.34. The number of rotatable bonds is 6. The minimum atomic E-state index is -3.61. The Hall–Kier alpha value is -0.410. The third kappa shape index (κ3) is 3.79. The fourth-order valence-electron chi connectivity index (χ4n) is 1.95. The summed E-state index contributed by atoms with van der Waals surface area (Å²) in [6.07, 6.45) is 1.73. The van der Waals surface area contributed by atoms with Gasteiger partial charge in [-0.2, -0.15) is 0 Å². The molecule has 2 N–H and O–H groups in total. The quantitative estimate of drug-likeness (QED) is 0.803. The first kappa shape index (κ1) is 15.0. The molecule has 1 aliphatic heterocycles. The van der Waals surface area contributed by atoms with E-state index in [0.717, 1.165) is 19.4 Å². The van der Waals surface area contributed by atoms with Crippen LogP contribution >= 0.6 is 15.9 Å². The van der Waals surface area contributed by atoms with Gasteiger partial charge in [-0.15, -0.1) is 0 Å². The summed E-state index contributed by atoms with van der Waals surface area (Å²) >= 11 is 3.03. The molecule has 0 amide bonds. The summed E-state index contributed by atoms with van der Waals surface area (Å²) in [4.78, 5) is 0.0132. The number of halogens is 1. The molecule has 2 rings (SSSR count). The fourth-order valence-corrected chi connectivity index (χ4v) is 3.99. The van der Waals surface area contributed by atoms with Crippen LogP contribution in [0.4, 0.5) is 0 Å². The van der Waals surface area contributed by atoms with Crippen molar-refractivity contribution in [3.8, 4) is 0 Å². The number of hydrogen-bond acceptors (Lipinski definition) is 5. The molecule has 1 atom stereocenters. The van der Waals surface area contributed by atoms with Crippen LogP contribution < -0.4 is 4.72 Å². The van der Waals surface area contributed by atoms with Crippen molar-refractivity contribution in [1.29, 1.82) is 0 Å². The molecule has 8 heteroatoms. The van der Waals surface area contributed by atoms with Crippen molar-refractivity contribution in [3.63, 3.8) is 0 Å². The van der Waals surface area contributed by atoms with Gasteiger partial charge in [0.05, 0.1) is 0 Å². The van der Waals surface area contributed by atoms with Gasteiger partial charge in [0.2, 0.25) is 10.0 Å². The zero-order valence-electron chi connectivity index (χ0n) is 10.3. The Balaban J connectivity index is 1.95. The molecule has 0 aromatic carbocycles.